The molecule has 2 spiro atoms. The van der Waals surface area contributed by atoms with E-state index in [4.69, 9.17) is 24.7 Å². The van der Waals surface area contributed by atoms with Crippen LogP contribution >= 0.6 is 22.7 Å². The van der Waals surface area contributed by atoms with Crippen molar-refractivity contribution in [2.75, 3.05) is 0 Å². The monoisotopic (exact) mass is 1570 g/mol. The highest BCUT2D eigenvalue weighted by Gasteiger charge is 2.53. The third-order valence-electron chi connectivity index (χ3n) is 26.3. The van der Waals surface area contributed by atoms with Crippen LogP contribution < -0.4 is 4.74 Å². The van der Waals surface area contributed by atoms with Gasteiger partial charge in [-0.05, 0) is 176 Å². The van der Waals surface area contributed by atoms with E-state index >= 15 is 0 Å². The van der Waals surface area contributed by atoms with Gasteiger partial charge in [0.1, 0.15) is 11.5 Å². The van der Waals surface area contributed by atoms with E-state index in [0.717, 1.165) is 128 Å². The second-order valence-electron chi connectivity index (χ2n) is 32.3. The van der Waals surface area contributed by atoms with E-state index in [1.54, 1.807) is 0 Å². The van der Waals surface area contributed by atoms with Crippen molar-refractivity contribution in [2.24, 2.45) is 0 Å². The molecule has 0 amide bonds. The number of aromatic nitrogens is 4. The van der Waals surface area contributed by atoms with Gasteiger partial charge in [0.05, 0.1) is 33.6 Å². The number of benzene rings is 18. The van der Waals surface area contributed by atoms with E-state index in [9.17, 15) is 0 Å². The highest BCUT2D eigenvalue weighted by atomic mass is 32.1. The van der Waals surface area contributed by atoms with Gasteiger partial charge in [0.25, 0.3) is 0 Å². The van der Waals surface area contributed by atoms with Crippen molar-refractivity contribution in [2.45, 2.75) is 10.8 Å². The Bertz CT molecular complexity index is 8130. The molecule has 121 heavy (non-hydrogen) atoms. The summed E-state index contributed by atoms with van der Waals surface area (Å²) in [5.41, 5.74) is 32.2. The summed E-state index contributed by atoms with van der Waals surface area (Å²) < 4.78 is 11.5. The second-order valence-corrected chi connectivity index (χ2v) is 34.4. The lowest BCUT2D eigenvalue weighted by atomic mass is 9.66. The van der Waals surface area contributed by atoms with E-state index in [1.807, 2.05) is 22.7 Å². The fourth-order valence-electron chi connectivity index (χ4n) is 21.2. The van der Waals surface area contributed by atoms with Crippen LogP contribution in [0.15, 0.2) is 400 Å². The third kappa shape index (κ3) is 9.84. The zero-order chi connectivity index (χ0) is 79.2. The van der Waals surface area contributed by atoms with Crippen LogP contribution in [0.4, 0.5) is 0 Å². The first-order chi connectivity index (χ1) is 60.0. The summed E-state index contributed by atoms with van der Waals surface area (Å²) in [6, 6.07) is 147. The van der Waals surface area contributed by atoms with E-state index in [0.29, 0.717) is 11.6 Å². The molecule has 4 aliphatic rings. The Morgan fingerprint density at radius 3 is 1.19 bits per heavy atom. The predicted molar refractivity (Wildman–Crippen MR) is 501 cm³/mol. The van der Waals surface area contributed by atoms with E-state index in [1.165, 1.54) is 112 Å². The van der Waals surface area contributed by atoms with Crippen molar-refractivity contribution in [1.82, 2.24) is 19.9 Å². The molecule has 5 heterocycles. The highest BCUT2D eigenvalue weighted by Crippen LogP contribution is 2.65. The van der Waals surface area contributed by atoms with E-state index < -0.39 is 10.8 Å². The fourth-order valence-corrected chi connectivity index (χ4v) is 23.7. The average molecular weight is 1570 g/mol. The molecule has 5 nitrogen and oxygen atoms in total. The van der Waals surface area contributed by atoms with Crippen molar-refractivity contribution >= 4 is 84.6 Å². The zero-order valence-corrected chi connectivity index (χ0v) is 66.8. The lowest BCUT2D eigenvalue weighted by Gasteiger charge is -2.39. The van der Waals surface area contributed by atoms with Crippen molar-refractivity contribution in [3.63, 3.8) is 0 Å². The van der Waals surface area contributed by atoms with Gasteiger partial charge >= 0.3 is 0 Å². The van der Waals surface area contributed by atoms with Gasteiger partial charge in [-0.15, -0.1) is 22.7 Å². The van der Waals surface area contributed by atoms with Gasteiger partial charge in [-0.2, -0.15) is 0 Å². The topological polar surface area (TPSA) is 60.8 Å². The molecule has 0 atom stereocenters. The smallest absolute Gasteiger partial charge is 0.160 e. The SMILES string of the molecule is c1ccc2c(c1)Oc1ccccc1C21c2ccccc2-c2cc(-c3nc(-c4ccccc4-c4cccc5cc(-c6ccc(-c7cc(-c8ccccc8-c8cccc9ccccc89)nc(-c8ccc9c(c8)C8(c%10ccccc%10-c%10ccccc%108)c8ccccc8-9)n7)c7sc8ccccc8c67)ccc45)cc(-c4cccc5c4sc4ccccc45)n3)ccc21. The molecule has 0 bridgehead atoms. The average Bonchev–Trinajstić information content (AvgIpc) is 1.46. The molecule has 1 aliphatic heterocycles. The number of nitrogens with zero attached hydrogens (tertiary/aromatic N) is 4. The lowest BCUT2D eigenvalue weighted by molar-refractivity contribution is 0.436. The summed E-state index contributed by atoms with van der Waals surface area (Å²) >= 11 is 3.66. The minimum Gasteiger partial charge on any atom is -0.457 e. The van der Waals surface area contributed by atoms with Crippen molar-refractivity contribution < 1.29 is 4.74 Å². The molecule has 7 heteroatoms. The molecule has 3 aliphatic carbocycles. The molecule has 0 N–H and O–H groups in total. The predicted octanol–water partition coefficient (Wildman–Crippen LogP) is 30.1. The first-order valence-corrected chi connectivity index (χ1v) is 43.0. The largest absolute Gasteiger partial charge is 0.457 e. The van der Waals surface area contributed by atoms with Crippen molar-refractivity contribution in [3.05, 3.63) is 445 Å². The molecule has 26 rings (SSSR count). The number of ether oxygens (including phenoxy) is 1. The highest BCUT2D eigenvalue weighted by molar-refractivity contribution is 7.26. The van der Waals surface area contributed by atoms with Crippen LogP contribution in [0.5, 0.6) is 11.5 Å². The first-order valence-electron chi connectivity index (χ1n) is 41.4. The van der Waals surface area contributed by atoms with Crippen LogP contribution in [-0.4, -0.2) is 19.9 Å². The van der Waals surface area contributed by atoms with Gasteiger partial charge in [0.2, 0.25) is 0 Å². The molecule has 0 unspecified atom stereocenters. The fraction of sp³-hybridized carbons (Fsp3) is 0.0175. The summed E-state index contributed by atoms with van der Waals surface area (Å²) in [4.78, 5) is 23.1. The minimum absolute atomic E-state index is 0.547. The van der Waals surface area contributed by atoms with Gasteiger partial charge < -0.3 is 4.74 Å². The Morgan fingerprint density at radius 1 is 0.198 bits per heavy atom. The normalized spacial score (nSPS) is 13.3. The summed E-state index contributed by atoms with van der Waals surface area (Å²) in [5, 5.41) is 9.51. The standard InChI is InChI=1S/C114H66N4OS2/c1-2-29-72-67(26-1)27-23-40-75(72)77-30-3-5-36-84(77)101-66-103(118-112(116-101)71-55-58-83-81-34-9-15-46-94(81)113(99(83)64-71)92-44-13-7-32-79(92)80-33-8-14-45-93(80)113)89-60-59-74(108-90-39-12-22-53-107(90)121-110(89)108)69-54-57-73-68(62-69)28-24-41-76(73)78-31-4-6-37-85(78)100-65-102(88-43-25-42-87-86-38-11-21-52-106(86)120-109(87)88)117-111(115-100)70-56-61-96-91(63-70)82-35-10-16-47-95(82)114(96)97-48-17-19-50-104(97)119-105-51-20-18-49-98(105)114/h1-66H. The first kappa shape index (κ1) is 68.0. The van der Waals surface area contributed by atoms with Crippen LogP contribution in [-0.2, 0) is 10.8 Å². The quantitative estimate of drug-likeness (QED) is 0.144. The Morgan fingerprint density at radius 2 is 0.570 bits per heavy atom. The minimum atomic E-state index is -0.611. The van der Waals surface area contributed by atoms with Crippen LogP contribution in [0, 0.1) is 0 Å². The molecule has 0 saturated heterocycles. The Balaban J connectivity index is 0.628. The molecule has 0 saturated carbocycles. The maximum Gasteiger partial charge on any atom is 0.160 e. The van der Waals surface area contributed by atoms with Gasteiger partial charge in [0, 0.05) is 84.9 Å². The van der Waals surface area contributed by atoms with E-state index in [2.05, 4.69) is 400 Å². The van der Waals surface area contributed by atoms with Gasteiger partial charge in [-0.3, -0.25) is 0 Å². The maximum atomic E-state index is 6.73. The third-order valence-corrected chi connectivity index (χ3v) is 28.7. The van der Waals surface area contributed by atoms with Crippen LogP contribution in [0.25, 0.3) is 196 Å². The summed E-state index contributed by atoms with van der Waals surface area (Å²) in [6.07, 6.45) is 0. The molecular formula is C114H66N4OS2. The van der Waals surface area contributed by atoms with Crippen molar-refractivity contribution in [3.8, 4) is 146 Å². The number of hydrogen-bond acceptors (Lipinski definition) is 7. The maximum absolute atomic E-state index is 6.73. The van der Waals surface area contributed by atoms with Gasteiger partial charge in [0.15, 0.2) is 11.6 Å². The second kappa shape index (κ2) is 26.2. The molecule has 0 fully saturated rings. The molecule has 4 aromatic heterocycles. The molecule has 0 radical (unpaired) electrons. The molecular weight excluding hydrogens is 1510 g/mol. The number of thiophene rings is 2. The Hall–Kier alpha value is -15.1. The van der Waals surface area contributed by atoms with Gasteiger partial charge in [-0.1, -0.05) is 346 Å². The number of para-hydroxylation sites is 2. The lowest BCUT2D eigenvalue weighted by Crippen LogP contribution is -2.32. The molecule has 560 valence electrons. The van der Waals surface area contributed by atoms with Crippen molar-refractivity contribution in [1.29, 1.82) is 0 Å². The van der Waals surface area contributed by atoms with Crippen LogP contribution in [0.3, 0.4) is 0 Å². The van der Waals surface area contributed by atoms with Crippen LogP contribution in [0.1, 0.15) is 44.5 Å². The summed E-state index contributed by atoms with van der Waals surface area (Å²) in [5.74, 6) is 3.05. The number of hydrogen-bond donors (Lipinski definition) is 0. The number of rotatable bonds is 9. The van der Waals surface area contributed by atoms with Gasteiger partial charge in [-0.25, -0.2) is 19.9 Å². The molecule has 22 aromatic rings. The summed E-state index contributed by atoms with van der Waals surface area (Å²) in [6.45, 7) is 0. The summed E-state index contributed by atoms with van der Waals surface area (Å²) in [7, 11) is 0. The van der Waals surface area contributed by atoms with Crippen LogP contribution in [0.2, 0.25) is 0 Å². The zero-order valence-electron chi connectivity index (χ0n) is 65.1. The number of fused-ring (bicyclic) bond motifs is 27. The Kier molecular flexibility index (Phi) is 14.7. The molecule has 18 aromatic carbocycles. The van der Waals surface area contributed by atoms with E-state index in [-0.39, 0.29) is 0 Å². The Labute approximate surface area is 705 Å².